The number of nitriles is 2. The third kappa shape index (κ3) is 8.52. The monoisotopic (exact) mass is 810 g/mol. The molecule has 298 valence electrons. The number of fused-ring (bicyclic) bond motifs is 2. The second-order valence-corrected chi connectivity index (χ2v) is 15.1. The zero-order chi connectivity index (χ0) is 41.6. The van der Waals surface area contributed by atoms with Crippen LogP contribution in [0, 0.1) is 36.5 Å². The van der Waals surface area contributed by atoms with Gasteiger partial charge in [-0.15, -0.1) is 22.7 Å². The van der Waals surface area contributed by atoms with Crippen LogP contribution < -0.4 is 39.1 Å². The molecule has 4 aromatic heterocycles. The number of thiophene rings is 2. The molecule has 57 heavy (non-hydrogen) atoms. The first-order valence-corrected chi connectivity index (χ1v) is 19.6. The quantitative estimate of drug-likeness (QED) is 0.113. The van der Waals surface area contributed by atoms with Crippen molar-refractivity contribution in [2.75, 3.05) is 53.3 Å². The SMILES string of the molecule is CCC(C)Nc1nc(-c2cc(OC)c(OC)c(OC)c2)nc2sc(C#N)c(C)c12.COc1cc(-c2nc(NC(C)C)c3c(C)c(C#N)sc3n2)cc(OC)c1OC. The van der Waals surface area contributed by atoms with E-state index in [1.165, 1.54) is 22.7 Å². The average Bonchev–Trinajstić information content (AvgIpc) is 3.73. The van der Waals surface area contributed by atoms with Crippen LogP contribution in [0.1, 0.15) is 55.0 Å². The van der Waals surface area contributed by atoms with Crippen LogP contribution in [-0.2, 0) is 0 Å². The molecule has 2 N–H and O–H groups in total. The standard InChI is InChI=1S/C21H24N4O3S.C20H22N4O3S/c1-7-11(2)23-20-17-12(3)16(10-22)29-21(17)25-19(24-20)13-8-14(26-4)18(28-6)15(9-13)27-5;1-10(2)22-19-16-11(3)15(9-21)28-20(16)24-18(23-19)12-7-13(25-4)17(27-6)14(8-12)26-5/h8-9,11H,7H2,1-6H3,(H,23,24,25);7-8,10H,1-6H3,(H,22,23,24). The molecule has 0 amide bonds. The number of methoxy groups -OCH3 is 6. The summed E-state index contributed by atoms with van der Waals surface area (Å²) in [4.78, 5) is 21.8. The molecule has 0 spiro atoms. The maximum Gasteiger partial charge on any atom is 0.203 e. The van der Waals surface area contributed by atoms with Gasteiger partial charge in [-0.1, -0.05) is 6.92 Å². The molecule has 1 unspecified atom stereocenters. The van der Waals surface area contributed by atoms with E-state index >= 15 is 0 Å². The number of rotatable bonds is 13. The number of hydrogen-bond donors (Lipinski definition) is 2. The zero-order valence-corrected chi connectivity index (χ0v) is 35.8. The van der Waals surface area contributed by atoms with Crippen LogP contribution in [0.3, 0.4) is 0 Å². The number of anilines is 2. The Morgan fingerprint density at radius 1 is 0.596 bits per heavy atom. The summed E-state index contributed by atoms with van der Waals surface area (Å²) in [5.41, 5.74) is 3.25. The minimum atomic E-state index is 0.177. The van der Waals surface area contributed by atoms with Crippen molar-refractivity contribution in [2.45, 2.75) is 60.0 Å². The van der Waals surface area contributed by atoms with Crippen molar-refractivity contribution in [2.24, 2.45) is 0 Å². The molecule has 6 aromatic rings. The van der Waals surface area contributed by atoms with E-state index in [1.807, 2.05) is 52.0 Å². The molecular weight excluding hydrogens is 765 g/mol. The molecule has 1 atom stereocenters. The van der Waals surface area contributed by atoms with Gasteiger partial charge in [0.15, 0.2) is 34.6 Å². The summed E-state index contributed by atoms with van der Waals surface area (Å²) >= 11 is 2.73. The molecule has 0 bridgehead atoms. The number of aryl methyl sites for hydroxylation is 2. The van der Waals surface area contributed by atoms with Gasteiger partial charge in [-0.2, -0.15) is 10.5 Å². The van der Waals surface area contributed by atoms with E-state index in [0.29, 0.717) is 61.7 Å². The lowest BCUT2D eigenvalue weighted by molar-refractivity contribution is 0.324. The van der Waals surface area contributed by atoms with Crippen molar-refractivity contribution < 1.29 is 28.4 Å². The van der Waals surface area contributed by atoms with E-state index in [0.717, 1.165) is 54.9 Å². The van der Waals surface area contributed by atoms with Crippen molar-refractivity contribution in [1.82, 2.24) is 19.9 Å². The van der Waals surface area contributed by atoms with Gasteiger partial charge in [-0.25, -0.2) is 19.9 Å². The van der Waals surface area contributed by atoms with Crippen LogP contribution in [0.5, 0.6) is 34.5 Å². The molecule has 0 saturated heterocycles. The highest BCUT2D eigenvalue weighted by atomic mass is 32.1. The topological polar surface area (TPSA) is 179 Å². The Bertz CT molecular complexity index is 2450. The van der Waals surface area contributed by atoms with Crippen LogP contribution in [-0.4, -0.2) is 74.7 Å². The van der Waals surface area contributed by atoms with Gasteiger partial charge in [0, 0.05) is 23.2 Å². The molecule has 0 radical (unpaired) electrons. The number of hydrogen-bond acceptors (Lipinski definition) is 16. The van der Waals surface area contributed by atoms with Gasteiger partial charge in [-0.05, 0) is 76.4 Å². The predicted molar refractivity (Wildman–Crippen MR) is 226 cm³/mol. The highest BCUT2D eigenvalue weighted by Gasteiger charge is 2.22. The normalized spacial score (nSPS) is 11.3. The van der Waals surface area contributed by atoms with E-state index in [2.05, 4.69) is 36.6 Å². The molecule has 14 nitrogen and oxygen atoms in total. The largest absolute Gasteiger partial charge is 0.493 e. The second-order valence-electron chi connectivity index (χ2n) is 13.1. The third-order valence-corrected chi connectivity index (χ3v) is 11.2. The lowest BCUT2D eigenvalue weighted by Crippen LogP contribution is -2.15. The van der Waals surface area contributed by atoms with Crippen LogP contribution in [0.15, 0.2) is 24.3 Å². The van der Waals surface area contributed by atoms with Gasteiger partial charge in [-0.3, -0.25) is 0 Å². The maximum atomic E-state index is 9.46. The minimum Gasteiger partial charge on any atom is -0.493 e. The number of benzene rings is 2. The fourth-order valence-electron chi connectivity index (χ4n) is 5.99. The van der Waals surface area contributed by atoms with E-state index in [1.54, 1.807) is 42.7 Å². The van der Waals surface area contributed by atoms with Crippen molar-refractivity contribution in [1.29, 1.82) is 10.5 Å². The zero-order valence-electron chi connectivity index (χ0n) is 34.1. The average molecular weight is 811 g/mol. The molecule has 0 aliphatic carbocycles. The Morgan fingerprint density at radius 2 is 0.965 bits per heavy atom. The minimum absolute atomic E-state index is 0.177. The predicted octanol–water partition coefficient (Wildman–Crippen LogP) is 9.16. The Labute approximate surface area is 340 Å². The number of ether oxygens (including phenoxy) is 6. The van der Waals surface area contributed by atoms with Crippen molar-refractivity contribution in [3.05, 3.63) is 45.1 Å². The Balaban J connectivity index is 0.000000218. The lowest BCUT2D eigenvalue weighted by atomic mass is 10.1. The van der Waals surface area contributed by atoms with Gasteiger partial charge in [0.25, 0.3) is 0 Å². The molecule has 2 aromatic carbocycles. The van der Waals surface area contributed by atoms with Gasteiger partial charge < -0.3 is 39.1 Å². The summed E-state index contributed by atoms with van der Waals surface area (Å²) in [6.45, 7) is 12.1. The Morgan fingerprint density at radius 3 is 1.26 bits per heavy atom. The van der Waals surface area contributed by atoms with Crippen molar-refractivity contribution in [3.8, 4) is 69.4 Å². The molecule has 6 rings (SSSR count). The molecule has 0 aliphatic rings. The third-order valence-electron chi connectivity index (χ3n) is 9.05. The molecule has 0 saturated carbocycles. The lowest BCUT2D eigenvalue weighted by Gasteiger charge is -2.16. The molecule has 16 heteroatoms. The fourth-order valence-corrected chi connectivity index (χ4v) is 7.94. The first kappa shape index (κ1) is 42.1. The van der Waals surface area contributed by atoms with Crippen LogP contribution >= 0.6 is 22.7 Å². The summed E-state index contributed by atoms with van der Waals surface area (Å²) < 4.78 is 32.6. The number of nitrogens with one attached hydrogen (secondary N) is 2. The molecule has 0 aliphatic heterocycles. The van der Waals surface area contributed by atoms with Gasteiger partial charge >= 0.3 is 0 Å². The second kappa shape index (κ2) is 18.2. The van der Waals surface area contributed by atoms with Crippen molar-refractivity contribution in [3.63, 3.8) is 0 Å². The summed E-state index contributed by atoms with van der Waals surface area (Å²) in [6, 6.07) is 12.2. The molecule has 0 fully saturated rings. The van der Waals surface area contributed by atoms with Gasteiger partial charge in [0.05, 0.1) is 53.4 Å². The number of nitrogens with zero attached hydrogens (tertiary/aromatic N) is 6. The summed E-state index contributed by atoms with van der Waals surface area (Å²) in [7, 11) is 9.41. The maximum absolute atomic E-state index is 9.46. The fraction of sp³-hybridized carbons (Fsp3) is 0.366. The van der Waals surface area contributed by atoms with E-state index < -0.39 is 0 Å². The summed E-state index contributed by atoms with van der Waals surface area (Å²) in [5.74, 6) is 5.60. The van der Waals surface area contributed by atoms with Gasteiger partial charge in [0.2, 0.25) is 11.5 Å². The van der Waals surface area contributed by atoms with E-state index in [4.69, 9.17) is 48.4 Å². The van der Waals surface area contributed by atoms with Gasteiger partial charge in [0.1, 0.15) is 43.2 Å². The smallest absolute Gasteiger partial charge is 0.203 e. The van der Waals surface area contributed by atoms with Crippen LogP contribution in [0.4, 0.5) is 11.6 Å². The van der Waals surface area contributed by atoms with E-state index in [-0.39, 0.29) is 12.1 Å². The summed E-state index contributed by atoms with van der Waals surface area (Å²) in [6.07, 6.45) is 0.944. The first-order chi connectivity index (χ1) is 27.4. The Hall–Kier alpha value is -6.10. The van der Waals surface area contributed by atoms with Crippen LogP contribution in [0.25, 0.3) is 43.2 Å². The summed E-state index contributed by atoms with van der Waals surface area (Å²) in [5, 5.41) is 27.5. The molecule has 4 heterocycles. The van der Waals surface area contributed by atoms with E-state index in [9.17, 15) is 10.5 Å². The first-order valence-electron chi connectivity index (χ1n) is 18.0. The highest BCUT2D eigenvalue weighted by Crippen LogP contribution is 2.44. The Kier molecular flexibility index (Phi) is 13.4. The van der Waals surface area contributed by atoms with Crippen LogP contribution in [0.2, 0.25) is 0 Å². The van der Waals surface area contributed by atoms with Crippen molar-refractivity contribution >= 4 is 54.7 Å². The molecular formula is C41H46N8O6S2. The highest BCUT2D eigenvalue weighted by molar-refractivity contribution is 7.19. The number of aromatic nitrogens is 4.